The van der Waals surface area contributed by atoms with Gasteiger partial charge in [-0.05, 0) is 30.5 Å². The van der Waals surface area contributed by atoms with Crippen LogP contribution >= 0.6 is 24.0 Å². The zero-order valence-corrected chi connectivity index (χ0v) is 15.5. The van der Waals surface area contributed by atoms with Crippen LogP contribution in [0.5, 0.6) is 0 Å². The van der Waals surface area contributed by atoms with Crippen molar-refractivity contribution in [1.82, 2.24) is 5.32 Å². The first-order chi connectivity index (χ1) is 9.97. The molecule has 22 heavy (non-hydrogen) atoms. The molecule has 1 saturated heterocycles. The molecule has 0 aliphatic carbocycles. The molecule has 0 spiro atoms. The smallest absolute Gasteiger partial charge is 0.188 e. The number of benzene rings is 1. The van der Waals surface area contributed by atoms with Crippen LogP contribution in [0.1, 0.15) is 32.3 Å². The number of ether oxygens (including phenoxy) is 1. The van der Waals surface area contributed by atoms with Gasteiger partial charge < -0.3 is 15.8 Å². The predicted molar refractivity (Wildman–Crippen MR) is 98.3 cm³/mol. The number of guanidine groups is 1. The Bertz CT molecular complexity index is 485. The van der Waals surface area contributed by atoms with Gasteiger partial charge in [0, 0.05) is 18.6 Å². The summed E-state index contributed by atoms with van der Waals surface area (Å²) in [5.41, 5.74) is 6.74. The highest BCUT2D eigenvalue weighted by Crippen LogP contribution is 2.23. The van der Waals surface area contributed by atoms with E-state index >= 15 is 0 Å². The number of aliphatic imine (C=N–C) groups is 1. The van der Waals surface area contributed by atoms with Crippen molar-refractivity contribution in [2.24, 2.45) is 10.7 Å². The first kappa shape index (κ1) is 19.2. The quantitative estimate of drug-likeness (QED) is 0.437. The van der Waals surface area contributed by atoms with E-state index < -0.39 is 0 Å². The maximum absolute atomic E-state index is 13.0. The monoisotopic (exact) mass is 421 g/mol. The molecule has 0 saturated carbocycles. The maximum atomic E-state index is 13.0. The molecule has 0 bridgehead atoms. The van der Waals surface area contributed by atoms with E-state index in [4.69, 9.17) is 10.5 Å². The lowest BCUT2D eigenvalue weighted by Gasteiger charge is -2.23. The van der Waals surface area contributed by atoms with Crippen LogP contribution < -0.4 is 11.1 Å². The Morgan fingerprint density at radius 2 is 2.09 bits per heavy atom. The average Bonchev–Trinajstić information content (AvgIpc) is 2.97. The zero-order valence-electron chi connectivity index (χ0n) is 13.1. The van der Waals surface area contributed by atoms with Gasteiger partial charge in [-0.1, -0.05) is 26.0 Å². The fourth-order valence-electron chi connectivity index (χ4n) is 2.35. The molecule has 1 aromatic carbocycles. The van der Waals surface area contributed by atoms with Crippen LogP contribution in [0.4, 0.5) is 4.39 Å². The average molecular weight is 421 g/mol. The molecule has 1 unspecified atom stereocenters. The fourth-order valence-corrected chi connectivity index (χ4v) is 2.35. The first-order valence-electron chi connectivity index (χ1n) is 7.39. The number of rotatable bonds is 5. The highest BCUT2D eigenvalue weighted by atomic mass is 127. The molecule has 0 radical (unpaired) electrons. The third kappa shape index (κ3) is 5.72. The molecule has 1 fully saturated rings. The molecular weight excluding hydrogens is 396 g/mol. The van der Waals surface area contributed by atoms with Crippen molar-refractivity contribution in [3.8, 4) is 0 Å². The van der Waals surface area contributed by atoms with Gasteiger partial charge in [-0.2, -0.15) is 0 Å². The lowest BCUT2D eigenvalue weighted by atomic mass is 9.85. The van der Waals surface area contributed by atoms with E-state index in [9.17, 15) is 4.39 Å². The second-order valence-corrected chi connectivity index (χ2v) is 6.11. The van der Waals surface area contributed by atoms with Gasteiger partial charge in [0.05, 0.1) is 12.6 Å². The van der Waals surface area contributed by atoms with Crippen LogP contribution in [0.3, 0.4) is 0 Å². The summed E-state index contributed by atoms with van der Waals surface area (Å²) in [5, 5.41) is 3.10. The molecular formula is C16H25FIN3O. The van der Waals surface area contributed by atoms with Crippen molar-refractivity contribution in [3.05, 3.63) is 35.6 Å². The summed E-state index contributed by atoms with van der Waals surface area (Å²) in [6.45, 7) is 6.21. The SMILES string of the molecule is CC(C)(CN=C(N)NCC1CCCO1)c1ccc(F)cc1.I. The molecule has 3 N–H and O–H groups in total. The predicted octanol–water partition coefficient (Wildman–Crippen LogP) is 2.80. The summed E-state index contributed by atoms with van der Waals surface area (Å²) in [6, 6.07) is 6.53. The standard InChI is InChI=1S/C16H24FN3O.HI/c1-16(2,12-5-7-13(17)8-6-12)11-20-15(18)19-10-14-4-3-9-21-14;/h5-8,14H,3-4,9-11H2,1-2H3,(H3,18,19,20);1H. The molecule has 1 aliphatic heterocycles. The van der Waals surface area contributed by atoms with Gasteiger partial charge in [-0.15, -0.1) is 24.0 Å². The van der Waals surface area contributed by atoms with Gasteiger partial charge in [-0.3, -0.25) is 4.99 Å². The summed E-state index contributed by atoms with van der Waals surface area (Å²) in [4.78, 5) is 4.39. The molecule has 2 rings (SSSR count). The van der Waals surface area contributed by atoms with Crippen LogP contribution in [-0.2, 0) is 10.2 Å². The third-order valence-electron chi connectivity index (χ3n) is 3.81. The molecule has 1 aliphatic rings. The Morgan fingerprint density at radius 3 is 2.68 bits per heavy atom. The Balaban J connectivity index is 0.00000242. The highest BCUT2D eigenvalue weighted by molar-refractivity contribution is 14.0. The van der Waals surface area contributed by atoms with Crippen molar-refractivity contribution in [2.75, 3.05) is 19.7 Å². The second-order valence-electron chi connectivity index (χ2n) is 6.11. The van der Waals surface area contributed by atoms with E-state index in [0.717, 1.165) is 25.0 Å². The molecule has 1 aromatic rings. The molecule has 0 amide bonds. The maximum Gasteiger partial charge on any atom is 0.188 e. The highest BCUT2D eigenvalue weighted by Gasteiger charge is 2.20. The minimum Gasteiger partial charge on any atom is -0.376 e. The van der Waals surface area contributed by atoms with E-state index in [1.807, 2.05) is 0 Å². The normalized spacial score (nSPS) is 18.9. The Morgan fingerprint density at radius 1 is 1.41 bits per heavy atom. The summed E-state index contributed by atoms with van der Waals surface area (Å²) in [5.74, 6) is 0.205. The number of nitrogens with one attached hydrogen (secondary N) is 1. The second kappa shape index (κ2) is 8.67. The van der Waals surface area contributed by atoms with E-state index in [1.165, 1.54) is 12.1 Å². The Kier molecular flexibility index (Phi) is 7.55. The number of halogens is 2. The number of hydrogen-bond acceptors (Lipinski definition) is 2. The van der Waals surface area contributed by atoms with Gasteiger partial charge in [0.15, 0.2) is 5.96 Å². The number of hydrogen-bond donors (Lipinski definition) is 2. The number of nitrogens with zero attached hydrogens (tertiary/aromatic N) is 1. The Labute approximate surface area is 148 Å². The minimum atomic E-state index is -0.226. The summed E-state index contributed by atoms with van der Waals surface area (Å²) in [7, 11) is 0. The van der Waals surface area contributed by atoms with E-state index in [-0.39, 0.29) is 41.3 Å². The van der Waals surface area contributed by atoms with E-state index in [2.05, 4.69) is 24.2 Å². The summed E-state index contributed by atoms with van der Waals surface area (Å²) in [6.07, 6.45) is 2.42. The van der Waals surface area contributed by atoms with Crippen LogP contribution in [0.25, 0.3) is 0 Å². The molecule has 0 aromatic heterocycles. The van der Waals surface area contributed by atoms with E-state index in [1.54, 1.807) is 12.1 Å². The first-order valence-corrected chi connectivity index (χ1v) is 7.39. The number of nitrogens with two attached hydrogens (primary N) is 1. The van der Waals surface area contributed by atoms with Crippen LogP contribution in [-0.4, -0.2) is 31.8 Å². The molecule has 124 valence electrons. The zero-order chi connectivity index (χ0) is 15.3. The van der Waals surface area contributed by atoms with Crippen LogP contribution in [0.15, 0.2) is 29.3 Å². The van der Waals surface area contributed by atoms with Crippen molar-refractivity contribution in [3.63, 3.8) is 0 Å². The fraction of sp³-hybridized carbons (Fsp3) is 0.562. The third-order valence-corrected chi connectivity index (χ3v) is 3.81. The van der Waals surface area contributed by atoms with Crippen LogP contribution in [0.2, 0.25) is 0 Å². The lowest BCUT2D eigenvalue weighted by molar-refractivity contribution is 0.114. The minimum absolute atomic E-state index is 0. The molecule has 4 nitrogen and oxygen atoms in total. The Hall–Kier alpha value is -0.890. The van der Waals surface area contributed by atoms with Crippen molar-refractivity contribution < 1.29 is 9.13 Å². The molecule has 1 atom stereocenters. The van der Waals surface area contributed by atoms with Gasteiger partial charge in [0.25, 0.3) is 0 Å². The van der Waals surface area contributed by atoms with Crippen LogP contribution in [0, 0.1) is 5.82 Å². The topological polar surface area (TPSA) is 59.6 Å². The van der Waals surface area contributed by atoms with Gasteiger partial charge >= 0.3 is 0 Å². The largest absolute Gasteiger partial charge is 0.376 e. The molecule has 6 heteroatoms. The molecule has 1 heterocycles. The lowest BCUT2D eigenvalue weighted by Crippen LogP contribution is -2.38. The summed E-state index contributed by atoms with van der Waals surface area (Å²) < 4.78 is 18.5. The van der Waals surface area contributed by atoms with Crippen molar-refractivity contribution in [2.45, 2.75) is 38.2 Å². The summed E-state index contributed by atoms with van der Waals surface area (Å²) >= 11 is 0. The van der Waals surface area contributed by atoms with Gasteiger partial charge in [-0.25, -0.2) is 4.39 Å². The van der Waals surface area contributed by atoms with E-state index in [0.29, 0.717) is 19.0 Å². The van der Waals surface area contributed by atoms with Crippen molar-refractivity contribution in [1.29, 1.82) is 0 Å². The van der Waals surface area contributed by atoms with Gasteiger partial charge in [0.1, 0.15) is 5.82 Å². The van der Waals surface area contributed by atoms with Gasteiger partial charge in [0.2, 0.25) is 0 Å². The van der Waals surface area contributed by atoms with Crippen molar-refractivity contribution >= 4 is 29.9 Å².